The number of ether oxygens (including phenoxy) is 1. The summed E-state index contributed by atoms with van der Waals surface area (Å²) in [5, 5.41) is 4.62. The second-order valence-electron chi connectivity index (χ2n) is 6.77. The van der Waals surface area contributed by atoms with Crippen LogP contribution in [0.2, 0.25) is 5.02 Å². The van der Waals surface area contributed by atoms with Crippen molar-refractivity contribution in [1.29, 1.82) is 0 Å². The van der Waals surface area contributed by atoms with Crippen LogP contribution in [0, 0.1) is 5.82 Å². The van der Waals surface area contributed by atoms with Crippen LogP contribution in [0.5, 0.6) is 11.5 Å². The van der Waals surface area contributed by atoms with Gasteiger partial charge >= 0.3 is 0 Å². The molecule has 0 fully saturated rings. The number of hydrogen-bond acceptors (Lipinski definition) is 6. The van der Waals surface area contributed by atoms with E-state index in [1.54, 1.807) is 35.3 Å². The second kappa shape index (κ2) is 8.64. The van der Waals surface area contributed by atoms with Gasteiger partial charge in [-0.15, -0.1) is 0 Å². The van der Waals surface area contributed by atoms with Gasteiger partial charge in [0, 0.05) is 24.0 Å². The fourth-order valence-electron chi connectivity index (χ4n) is 3.30. The highest BCUT2D eigenvalue weighted by atomic mass is 35.5. The van der Waals surface area contributed by atoms with E-state index in [9.17, 15) is 9.18 Å². The van der Waals surface area contributed by atoms with Crippen LogP contribution >= 0.6 is 11.6 Å². The van der Waals surface area contributed by atoms with Crippen molar-refractivity contribution in [3.05, 3.63) is 77.1 Å². The largest absolute Gasteiger partial charge is 0.453 e. The van der Waals surface area contributed by atoms with Crippen molar-refractivity contribution in [3.63, 3.8) is 0 Å². The smallest absolute Gasteiger partial charge is 0.252 e. The Kier molecular flexibility index (Phi) is 5.74. The summed E-state index contributed by atoms with van der Waals surface area (Å²) in [7, 11) is 0. The number of amides is 1. The Morgan fingerprint density at radius 1 is 1.22 bits per heavy atom. The van der Waals surface area contributed by atoms with Gasteiger partial charge in [-0.25, -0.2) is 14.1 Å². The highest BCUT2D eigenvalue weighted by Gasteiger charge is 2.24. The third kappa shape index (κ3) is 3.85. The maximum Gasteiger partial charge on any atom is 0.252 e. The zero-order chi connectivity index (χ0) is 22.8. The molecule has 0 radical (unpaired) electrons. The summed E-state index contributed by atoms with van der Waals surface area (Å²) in [6.07, 6.45) is 5.12. The number of halogens is 2. The van der Waals surface area contributed by atoms with Crippen LogP contribution in [-0.4, -0.2) is 25.7 Å². The van der Waals surface area contributed by atoms with Crippen molar-refractivity contribution in [2.24, 2.45) is 5.73 Å². The quantitative estimate of drug-likeness (QED) is 0.453. The van der Waals surface area contributed by atoms with Gasteiger partial charge in [-0.1, -0.05) is 18.5 Å². The Morgan fingerprint density at radius 3 is 2.69 bits per heavy atom. The molecule has 162 valence electrons. The maximum absolute atomic E-state index is 14.9. The van der Waals surface area contributed by atoms with Crippen LogP contribution in [0.15, 0.2) is 55.0 Å². The first kappa shape index (κ1) is 21.3. The summed E-state index contributed by atoms with van der Waals surface area (Å²) >= 11 is 6.07. The number of nitrogens with zero attached hydrogens (tertiary/aromatic N) is 4. The molecule has 0 aliphatic rings. The van der Waals surface area contributed by atoms with Gasteiger partial charge in [0.1, 0.15) is 16.5 Å². The predicted molar refractivity (Wildman–Crippen MR) is 118 cm³/mol. The lowest BCUT2D eigenvalue weighted by molar-refractivity contribution is 0.1000. The topological polar surface area (TPSA) is 122 Å². The zero-order valence-corrected chi connectivity index (χ0v) is 17.7. The molecule has 0 aliphatic carbocycles. The Hall–Kier alpha value is -3.98. The van der Waals surface area contributed by atoms with E-state index in [-0.39, 0.29) is 33.6 Å². The lowest BCUT2D eigenvalue weighted by Gasteiger charge is -2.10. The van der Waals surface area contributed by atoms with E-state index < -0.39 is 11.7 Å². The Morgan fingerprint density at radius 2 is 2.03 bits per heavy atom. The van der Waals surface area contributed by atoms with Crippen molar-refractivity contribution in [1.82, 2.24) is 19.7 Å². The van der Waals surface area contributed by atoms with Gasteiger partial charge in [0.25, 0.3) is 5.91 Å². The molecule has 0 unspecified atom stereocenters. The molecular formula is C22H18ClFN6O2. The van der Waals surface area contributed by atoms with E-state index in [4.69, 9.17) is 27.8 Å². The molecule has 32 heavy (non-hydrogen) atoms. The molecule has 4 N–H and O–H groups in total. The Balaban J connectivity index is 1.78. The van der Waals surface area contributed by atoms with E-state index >= 15 is 0 Å². The summed E-state index contributed by atoms with van der Waals surface area (Å²) in [6.45, 7) is 1.88. The fraction of sp³-hybridized carbons (Fsp3) is 0.0909. The lowest BCUT2D eigenvalue weighted by atomic mass is 10.0. The monoisotopic (exact) mass is 452 g/mol. The number of rotatable bonds is 6. The van der Waals surface area contributed by atoms with Gasteiger partial charge in [-0.3, -0.25) is 9.78 Å². The molecule has 4 rings (SSSR count). The normalized spacial score (nSPS) is 10.8. The number of anilines is 1. The van der Waals surface area contributed by atoms with Crippen molar-refractivity contribution in [2.75, 3.05) is 5.73 Å². The first-order valence-electron chi connectivity index (χ1n) is 9.60. The van der Waals surface area contributed by atoms with Gasteiger partial charge in [0.05, 0.1) is 23.1 Å². The third-order valence-electron chi connectivity index (χ3n) is 4.76. The SMILES string of the molecule is CCc1c(C(N)=O)c(-c2ccc(Oc3ccnc(N)c3Cl)c(F)c2)nn1-c1cccnc1. The average molecular weight is 453 g/mol. The first-order chi connectivity index (χ1) is 15.4. The standard InChI is InChI=1S/C22H18ClFN6O2/c1-2-15-18(22(26)31)20(29-30(15)13-4-3-8-27-11-13)12-5-6-16(14(24)10-12)32-17-7-9-28-21(25)19(17)23/h3-11H,2H2,1H3,(H2,25,28)(H2,26,31). The number of aromatic nitrogens is 4. The minimum Gasteiger partial charge on any atom is -0.453 e. The number of nitrogens with two attached hydrogens (primary N) is 2. The molecule has 4 aromatic rings. The highest BCUT2D eigenvalue weighted by molar-refractivity contribution is 6.34. The van der Waals surface area contributed by atoms with Gasteiger partial charge in [0.15, 0.2) is 17.3 Å². The molecule has 0 bridgehead atoms. The molecule has 0 saturated heterocycles. The predicted octanol–water partition coefficient (Wildman–Crippen LogP) is 4.16. The van der Waals surface area contributed by atoms with E-state index in [1.165, 1.54) is 24.4 Å². The number of carbonyl (C=O) groups excluding carboxylic acids is 1. The molecule has 0 aliphatic heterocycles. The summed E-state index contributed by atoms with van der Waals surface area (Å²) in [6, 6.07) is 9.24. The highest BCUT2D eigenvalue weighted by Crippen LogP contribution is 2.35. The molecule has 1 amide bonds. The number of pyridine rings is 2. The van der Waals surface area contributed by atoms with Gasteiger partial charge < -0.3 is 16.2 Å². The molecule has 10 heteroatoms. The lowest BCUT2D eigenvalue weighted by Crippen LogP contribution is -2.14. The molecule has 1 aromatic carbocycles. The average Bonchev–Trinajstić information content (AvgIpc) is 3.19. The summed E-state index contributed by atoms with van der Waals surface area (Å²) in [4.78, 5) is 20.2. The van der Waals surface area contributed by atoms with Crippen LogP contribution in [0.25, 0.3) is 16.9 Å². The fourth-order valence-corrected chi connectivity index (χ4v) is 3.45. The molecule has 0 spiro atoms. The van der Waals surface area contributed by atoms with Crippen LogP contribution in [-0.2, 0) is 6.42 Å². The van der Waals surface area contributed by atoms with Crippen molar-refractivity contribution in [2.45, 2.75) is 13.3 Å². The summed E-state index contributed by atoms with van der Waals surface area (Å²) in [5.41, 5.74) is 13.4. The second-order valence-corrected chi connectivity index (χ2v) is 7.14. The number of carbonyl (C=O) groups is 1. The number of hydrogen-bond donors (Lipinski definition) is 2. The molecular weight excluding hydrogens is 435 g/mol. The van der Waals surface area contributed by atoms with E-state index in [0.29, 0.717) is 23.4 Å². The van der Waals surface area contributed by atoms with Crippen LogP contribution < -0.4 is 16.2 Å². The Labute approximate surface area is 187 Å². The van der Waals surface area contributed by atoms with Crippen molar-refractivity contribution < 1.29 is 13.9 Å². The number of primary amides is 1. The van der Waals surface area contributed by atoms with Crippen molar-refractivity contribution >= 4 is 23.3 Å². The Bertz CT molecular complexity index is 1310. The minimum atomic E-state index is -0.682. The molecule has 3 aromatic heterocycles. The van der Waals surface area contributed by atoms with Gasteiger partial charge in [-0.2, -0.15) is 5.10 Å². The molecule has 0 atom stereocenters. The van der Waals surface area contributed by atoms with Gasteiger partial charge in [-0.05, 0) is 36.8 Å². The van der Waals surface area contributed by atoms with E-state index in [2.05, 4.69) is 15.1 Å². The summed E-state index contributed by atoms with van der Waals surface area (Å²) in [5.74, 6) is -1.19. The minimum absolute atomic E-state index is 0.0698. The summed E-state index contributed by atoms with van der Waals surface area (Å²) < 4.78 is 22.1. The zero-order valence-electron chi connectivity index (χ0n) is 16.9. The molecule has 8 nitrogen and oxygen atoms in total. The van der Waals surface area contributed by atoms with Crippen LogP contribution in [0.3, 0.4) is 0 Å². The first-order valence-corrected chi connectivity index (χ1v) is 9.98. The number of benzene rings is 1. The molecule has 3 heterocycles. The molecule has 0 saturated carbocycles. The van der Waals surface area contributed by atoms with Crippen LogP contribution in [0.4, 0.5) is 10.2 Å². The van der Waals surface area contributed by atoms with E-state index in [0.717, 1.165) is 0 Å². The van der Waals surface area contributed by atoms with Crippen LogP contribution in [0.1, 0.15) is 23.0 Å². The maximum atomic E-state index is 14.9. The number of nitrogen functional groups attached to an aromatic ring is 1. The van der Waals surface area contributed by atoms with Gasteiger partial charge in [0.2, 0.25) is 0 Å². The van der Waals surface area contributed by atoms with E-state index in [1.807, 2.05) is 6.92 Å². The van der Waals surface area contributed by atoms with Crippen molar-refractivity contribution in [3.8, 4) is 28.4 Å². The third-order valence-corrected chi connectivity index (χ3v) is 5.14.